The first-order valence-corrected chi connectivity index (χ1v) is 14.2. The number of sulfone groups is 1. The fourth-order valence-electron chi connectivity index (χ4n) is 4.74. The van der Waals surface area contributed by atoms with Gasteiger partial charge in [-0.25, -0.2) is 21.6 Å². The van der Waals surface area contributed by atoms with Crippen LogP contribution >= 0.6 is 0 Å². The van der Waals surface area contributed by atoms with E-state index in [1.54, 1.807) is 13.0 Å². The molecule has 0 aliphatic carbocycles. The molecule has 2 aliphatic rings. The second kappa shape index (κ2) is 11.7. The number of esters is 2. The summed E-state index contributed by atoms with van der Waals surface area (Å²) in [5.41, 5.74) is 3.20. The first kappa shape index (κ1) is 30.3. The van der Waals surface area contributed by atoms with Crippen molar-refractivity contribution in [1.29, 1.82) is 0 Å². The van der Waals surface area contributed by atoms with Gasteiger partial charge in [-0.15, -0.1) is 5.12 Å². The number of nitrogens with zero attached hydrogens (tertiary/aromatic N) is 2. The van der Waals surface area contributed by atoms with Gasteiger partial charge in [-0.2, -0.15) is 0 Å². The van der Waals surface area contributed by atoms with Gasteiger partial charge in [0, 0.05) is 39.1 Å². The summed E-state index contributed by atoms with van der Waals surface area (Å²) in [7, 11) is -2.58. The maximum Gasteiger partial charge on any atom is 0.303 e. The van der Waals surface area contributed by atoms with E-state index in [0.29, 0.717) is 0 Å². The van der Waals surface area contributed by atoms with E-state index in [0.717, 1.165) is 30.2 Å². The zero-order valence-corrected chi connectivity index (χ0v) is 23.8. The molecule has 0 radical (unpaired) electrons. The summed E-state index contributed by atoms with van der Waals surface area (Å²) < 4.78 is 85.7. The Morgan fingerprint density at radius 3 is 2.29 bits per heavy atom. The monoisotopic (exact) mass is 597 g/mol. The Morgan fingerprint density at radius 1 is 1.05 bits per heavy atom. The molecule has 4 atom stereocenters. The van der Waals surface area contributed by atoms with E-state index < -0.39 is 69.5 Å². The van der Waals surface area contributed by atoms with Gasteiger partial charge in [0.25, 0.3) is 0 Å². The minimum Gasteiger partial charge on any atom is -0.463 e. The fraction of sp³-hybridized carbons (Fsp3) is 0.407. The number of carbonyl (C=O) groups excluding carboxylic acids is 2. The molecule has 0 unspecified atom stereocenters. The molecule has 1 N–H and O–H groups in total. The molecule has 1 fully saturated rings. The minimum absolute atomic E-state index is 0.0166. The predicted octanol–water partition coefficient (Wildman–Crippen LogP) is 3.14. The largest absolute Gasteiger partial charge is 0.463 e. The van der Waals surface area contributed by atoms with Gasteiger partial charge in [-0.1, -0.05) is 6.07 Å². The molecule has 0 saturated carbocycles. The van der Waals surface area contributed by atoms with Crippen molar-refractivity contribution >= 4 is 27.5 Å². The van der Waals surface area contributed by atoms with E-state index in [-0.39, 0.29) is 22.6 Å². The average molecular weight is 598 g/mol. The van der Waals surface area contributed by atoms with Crippen LogP contribution in [0.25, 0.3) is 5.70 Å². The third-order valence-corrected chi connectivity index (χ3v) is 8.84. The Bertz CT molecular complexity index is 1480. The smallest absolute Gasteiger partial charge is 0.303 e. The van der Waals surface area contributed by atoms with E-state index >= 15 is 0 Å². The summed E-state index contributed by atoms with van der Waals surface area (Å²) in [5.74, 6) is -5.77. The first-order chi connectivity index (χ1) is 19.2. The normalized spacial score (nSPS) is 23.1. The van der Waals surface area contributed by atoms with Gasteiger partial charge in [-0.05, 0) is 49.2 Å². The lowest BCUT2D eigenvalue weighted by Crippen LogP contribution is -2.61. The van der Waals surface area contributed by atoms with Crippen molar-refractivity contribution in [2.24, 2.45) is 0 Å². The van der Waals surface area contributed by atoms with Gasteiger partial charge in [-0.3, -0.25) is 20.0 Å². The Kier molecular flexibility index (Phi) is 8.66. The van der Waals surface area contributed by atoms with Crippen LogP contribution in [0.1, 0.15) is 37.0 Å². The number of hydrazine groups is 2. The molecule has 2 aromatic carbocycles. The highest BCUT2D eigenvalue weighted by Gasteiger charge is 2.49. The van der Waals surface area contributed by atoms with Gasteiger partial charge >= 0.3 is 11.9 Å². The van der Waals surface area contributed by atoms with Gasteiger partial charge in [0.1, 0.15) is 12.7 Å². The summed E-state index contributed by atoms with van der Waals surface area (Å²) in [6.45, 7) is 5.53. The number of aryl methyl sites for hydroxylation is 2. The highest BCUT2D eigenvalue weighted by Crippen LogP contribution is 2.36. The van der Waals surface area contributed by atoms with Crippen molar-refractivity contribution in [3.05, 3.63) is 70.7 Å². The molecule has 2 heterocycles. The number of ether oxygens (including phenoxy) is 3. The molecular formula is C27H30F3N3O7S. The van der Waals surface area contributed by atoms with Crippen LogP contribution in [0.5, 0.6) is 0 Å². The average Bonchev–Trinajstić information content (AvgIpc) is 3.28. The first-order valence-electron chi connectivity index (χ1n) is 12.6. The molecule has 10 nitrogen and oxygen atoms in total. The highest BCUT2D eigenvalue weighted by atomic mass is 32.2. The van der Waals surface area contributed by atoms with Crippen LogP contribution in [-0.4, -0.2) is 67.8 Å². The number of benzene rings is 2. The maximum absolute atomic E-state index is 14.0. The van der Waals surface area contributed by atoms with Gasteiger partial charge < -0.3 is 14.2 Å². The second-order valence-electron chi connectivity index (χ2n) is 9.89. The molecule has 0 bridgehead atoms. The van der Waals surface area contributed by atoms with Crippen LogP contribution in [0.3, 0.4) is 0 Å². The lowest BCUT2D eigenvalue weighted by molar-refractivity contribution is -0.197. The minimum atomic E-state index is -4.12. The Balaban J connectivity index is 1.77. The quantitative estimate of drug-likeness (QED) is 0.377. The van der Waals surface area contributed by atoms with Gasteiger partial charge in [0.2, 0.25) is 9.84 Å². The summed E-state index contributed by atoms with van der Waals surface area (Å²) in [6, 6.07) is 5.35. The molecule has 14 heteroatoms. The molecule has 2 aromatic rings. The van der Waals surface area contributed by atoms with Crippen molar-refractivity contribution in [2.75, 3.05) is 13.7 Å². The Morgan fingerprint density at radius 2 is 1.71 bits per heavy atom. The lowest BCUT2D eigenvalue weighted by Gasteiger charge is -2.45. The molecule has 4 rings (SSSR count). The van der Waals surface area contributed by atoms with Crippen molar-refractivity contribution in [3.8, 4) is 0 Å². The van der Waals surface area contributed by atoms with Crippen LogP contribution in [0, 0.1) is 31.3 Å². The summed E-state index contributed by atoms with van der Waals surface area (Å²) >= 11 is 0. The van der Waals surface area contributed by atoms with Crippen molar-refractivity contribution in [2.45, 2.75) is 62.7 Å². The molecule has 0 spiro atoms. The number of rotatable bonds is 7. The molecule has 1 saturated heterocycles. The van der Waals surface area contributed by atoms with E-state index in [9.17, 15) is 31.2 Å². The zero-order valence-electron chi connectivity index (χ0n) is 23.0. The van der Waals surface area contributed by atoms with Crippen molar-refractivity contribution < 1.29 is 45.4 Å². The maximum atomic E-state index is 14.0. The number of carbonyl (C=O) groups is 2. The van der Waals surface area contributed by atoms with Gasteiger partial charge in [0.15, 0.2) is 29.0 Å². The second-order valence-corrected chi connectivity index (χ2v) is 12.0. The third kappa shape index (κ3) is 6.34. The summed E-state index contributed by atoms with van der Waals surface area (Å²) in [4.78, 5) is 23.8. The Hall–Kier alpha value is -3.62. The predicted molar refractivity (Wildman–Crippen MR) is 139 cm³/mol. The molecule has 0 amide bonds. The van der Waals surface area contributed by atoms with E-state index in [1.165, 1.54) is 42.4 Å². The molecule has 222 valence electrons. The fourth-order valence-corrected chi connectivity index (χ4v) is 6.38. The number of hydrogen-bond acceptors (Lipinski definition) is 10. The van der Waals surface area contributed by atoms with E-state index in [1.807, 2.05) is 6.92 Å². The topological polar surface area (TPSA) is 114 Å². The van der Waals surface area contributed by atoms with E-state index in [4.69, 9.17) is 14.2 Å². The SMILES string of the molecule is CC(=O)OC[C@H]1O[C@H](S(=O)(=O)c2ccc(C)c(C)c2)C[C@@H](N2C=C(c3cc(F)c(F)c(F)c3)NN2C)[C@H]1OC(C)=O. The lowest BCUT2D eigenvalue weighted by atomic mass is 9.98. The molecular weight excluding hydrogens is 567 g/mol. The zero-order chi connectivity index (χ0) is 30.2. The molecule has 0 aromatic heterocycles. The summed E-state index contributed by atoms with van der Waals surface area (Å²) in [6.07, 6.45) is -1.13. The van der Waals surface area contributed by atoms with Crippen molar-refractivity contribution in [3.63, 3.8) is 0 Å². The molecule has 2 aliphatic heterocycles. The highest BCUT2D eigenvalue weighted by molar-refractivity contribution is 7.92. The number of nitrogens with one attached hydrogen (secondary N) is 1. The van der Waals surface area contributed by atoms with E-state index in [2.05, 4.69) is 5.43 Å². The van der Waals surface area contributed by atoms with Crippen LogP contribution in [0.4, 0.5) is 13.2 Å². The van der Waals surface area contributed by atoms with Crippen molar-refractivity contribution in [1.82, 2.24) is 15.6 Å². The van der Waals surface area contributed by atoms with Gasteiger partial charge in [0.05, 0.1) is 16.6 Å². The summed E-state index contributed by atoms with van der Waals surface area (Å²) in [5, 5.41) is 2.87. The standard InChI is InChI=1S/C27H30F3N3O7S/c1-14-6-7-19(8-15(14)2)41(36,37)25-11-23(27(39-17(4)35)24(40-25)13-38-16(3)34)33-12-22(31-32(33)5)18-9-20(28)26(30)21(29)10-18/h6-10,12,23-25,27,31H,11,13H2,1-5H3/t23-,24-,25-,27-/m1/s1. The van der Waals surface area contributed by atoms with Crippen LogP contribution < -0.4 is 5.43 Å². The number of hydrogen-bond donors (Lipinski definition) is 1. The third-order valence-electron chi connectivity index (χ3n) is 6.94. The molecule has 41 heavy (non-hydrogen) atoms. The van der Waals surface area contributed by atoms with Crippen LogP contribution in [0.2, 0.25) is 0 Å². The number of halogens is 3. The Labute approximate surface area is 235 Å². The van der Waals surface area contributed by atoms with Crippen LogP contribution in [-0.2, 0) is 33.6 Å². The van der Waals surface area contributed by atoms with Crippen LogP contribution in [0.15, 0.2) is 41.4 Å².